The Kier molecular flexibility index (Phi) is 5.34. The van der Waals surface area contributed by atoms with E-state index in [4.69, 9.17) is 9.47 Å². The monoisotopic (exact) mass is 382 g/mol. The molecular weight excluding hydrogens is 364 g/mol. The first-order valence-electron chi connectivity index (χ1n) is 9.23. The normalized spacial score (nSPS) is 12.7. The van der Waals surface area contributed by atoms with Crippen LogP contribution in [-0.2, 0) is 4.74 Å². The van der Waals surface area contributed by atoms with E-state index in [1.54, 1.807) is 48.5 Å². The van der Waals surface area contributed by atoms with Gasteiger partial charge in [0.1, 0.15) is 11.9 Å². The molecule has 0 spiro atoms. The smallest absolute Gasteiger partial charge is 0.343 e. The summed E-state index contributed by atoms with van der Waals surface area (Å²) in [6, 6.07) is 23.3. The zero-order valence-electron chi connectivity index (χ0n) is 15.5. The molecule has 4 rings (SSSR count). The van der Waals surface area contributed by atoms with E-state index in [1.165, 1.54) is 0 Å². The highest BCUT2D eigenvalue weighted by Gasteiger charge is 2.13. The number of allylic oxidation sites excluding steroid dienone is 2. The van der Waals surface area contributed by atoms with Gasteiger partial charge in [-0.05, 0) is 59.7 Å². The number of benzene rings is 3. The molecule has 0 aliphatic heterocycles. The molecule has 0 saturated carbocycles. The molecule has 4 nitrogen and oxygen atoms in total. The molecule has 4 heteroatoms. The number of rotatable bonds is 5. The van der Waals surface area contributed by atoms with Crippen molar-refractivity contribution in [2.75, 3.05) is 0 Å². The van der Waals surface area contributed by atoms with Gasteiger partial charge >= 0.3 is 11.9 Å². The van der Waals surface area contributed by atoms with Gasteiger partial charge in [-0.15, -0.1) is 0 Å². The molecule has 1 aliphatic rings. The molecule has 0 aromatic heterocycles. The second-order valence-corrected chi connectivity index (χ2v) is 6.50. The zero-order chi connectivity index (χ0) is 20.1. The lowest BCUT2D eigenvalue weighted by atomic mass is 10.0. The molecule has 0 unspecified atom stereocenters. The minimum absolute atomic E-state index is 0.298. The third-order valence-electron chi connectivity index (χ3n) is 4.48. The van der Waals surface area contributed by atoms with Crippen molar-refractivity contribution in [3.63, 3.8) is 0 Å². The van der Waals surface area contributed by atoms with Crippen molar-refractivity contribution >= 4 is 11.9 Å². The summed E-state index contributed by atoms with van der Waals surface area (Å²) >= 11 is 0. The Balaban J connectivity index is 1.41. The molecule has 29 heavy (non-hydrogen) atoms. The van der Waals surface area contributed by atoms with Crippen molar-refractivity contribution in [2.24, 2.45) is 0 Å². The van der Waals surface area contributed by atoms with Crippen LogP contribution < -0.4 is 4.74 Å². The molecule has 1 aliphatic carbocycles. The van der Waals surface area contributed by atoms with Crippen LogP contribution in [0.5, 0.6) is 5.75 Å². The minimum Gasteiger partial charge on any atom is -0.450 e. The van der Waals surface area contributed by atoms with Gasteiger partial charge in [0.15, 0.2) is 0 Å². The average Bonchev–Trinajstić information content (AvgIpc) is 3.28. The van der Waals surface area contributed by atoms with Crippen LogP contribution in [0, 0.1) is 0 Å². The summed E-state index contributed by atoms with van der Waals surface area (Å²) in [7, 11) is 0. The van der Waals surface area contributed by atoms with E-state index in [2.05, 4.69) is 0 Å². The third kappa shape index (κ3) is 4.50. The molecule has 3 aromatic carbocycles. The molecule has 0 radical (unpaired) electrons. The molecule has 0 heterocycles. The van der Waals surface area contributed by atoms with E-state index < -0.39 is 5.97 Å². The number of hydrogen-bond donors (Lipinski definition) is 0. The molecule has 0 amide bonds. The third-order valence-corrected chi connectivity index (χ3v) is 4.48. The predicted octanol–water partition coefficient (Wildman–Crippen LogP) is 5.22. The van der Waals surface area contributed by atoms with Gasteiger partial charge in [-0.1, -0.05) is 54.6 Å². The molecule has 0 N–H and O–H groups in total. The van der Waals surface area contributed by atoms with E-state index in [1.807, 2.05) is 54.6 Å². The van der Waals surface area contributed by atoms with E-state index in [0.29, 0.717) is 16.9 Å². The maximum absolute atomic E-state index is 12.2. The second kappa shape index (κ2) is 8.40. The fourth-order valence-electron chi connectivity index (χ4n) is 2.94. The van der Waals surface area contributed by atoms with Crippen LogP contribution in [0.25, 0.3) is 11.1 Å². The highest BCUT2D eigenvalue weighted by Crippen LogP contribution is 2.24. The first-order chi connectivity index (χ1) is 14.2. The fourth-order valence-corrected chi connectivity index (χ4v) is 2.94. The highest BCUT2D eigenvalue weighted by atomic mass is 16.5. The SMILES string of the molecule is O=C(Oc1ccc(-c2ccc(C(=O)OC3C=CC=C3)cc2)cc1)c1ccccc1. The summed E-state index contributed by atoms with van der Waals surface area (Å²) in [5.41, 5.74) is 2.90. The molecule has 0 bridgehead atoms. The summed E-state index contributed by atoms with van der Waals surface area (Å²) in [5.74, 6) is -0.283. The van der Waals surface area contributed by atoms with Crippen LogP contribution in [-0.4, -0.2) is 18.0 Å². The van der Waals surface area contributed by atoms with Gasteiger partial charge in [0, 0.05) is 0 Å². The summed E-state index contributed by atoms with van der Waals surface area (Å²) in [4.78, 5) is 24.3. The minimum atomic E-state index is -0.395. The number of hydrogen-bond acceptors (Lipinski definition) is 4. The summed E-state index contributed by atoms with van der Waals surface area (Å²) in [6.45, 7) is 0. The molecule has 3 aromatic rings. The summed E-state index contributed by atoms with van der Waals surface area (Å²) < 4.78 is 10.8. The van der Waals surface area contributed by atoms with Crippen molar-refractivity contribution in [1.29, 1.82) is 0 Å². The Morgan fingerprint density at radius 1 is 0.621 bits per heavy atom. The topological polar surface area (TPSA) is 52.6 Å². The Morgan fingerprint density at radius 3 is 1.79 bits per heavy atom. The average molecular weight is 382 g/mol. The van der Waals surface area contributed by atoms with Gasteiger partial charge in [-0.3, -0.25) is 0 Å². The van der Waals surface area contributed by atoms with Gasteiger partial charge in [-0.2, -0.15) is 0 Å². The van der Waals surface area contributed by atoms with E-state index in [0.717, 1.165) is 11.1 Å². The Morgan fingerprint density at radius 2 is 1.17 bits per heavy atom. The maximum Gasteiger partial charge on any atom is 0.343 e. The highest BCUT2D eigenvalue weighted by molar-refractivity contribution is 5.91. The maximum atomic E-state index is 12.2. The van der Waals surface area contributed by atoms with Crippen molar-refractivity contribution < 1.29 is 19.1 Å². The zero-order valence-corrected chi connectivity index (χ0v) is 15.5. The second-order valence-electron chi connectivity index (χ2n) is 6.50. The van der Waals surface area contributed by atoms with Crippen LogP contribution >= 0.6 is 0 Å². The van der Waals surface area contributed by atoms with E-state index in [-0.39, 0.29) is 12.1 Å². The van der Waals surface area contributed by atoms with Gasteiger partial charge < -0.3 is 9.47 Å². The van der Waals surface area contributed by atoms with Crippen LogP contribution in [0.3, 0.4) is 0 Å². The van der Waals surface area contributed by atoms with Crippen LogP contribution in [0.15, 0.2) is 103 Å². The number of carbonyl (C=O) groups excluding carboxylic acids is 2. The molecule has 0 saturated heterocycles. The fraction of sp³-hybridized carbons (Fsp3) is 0.0400. The van der Waals surface area contributed by atoms with Crippen LogP contribution in [0.1, 0.15) is 20.7 Å². The summed E-state index contributed by atoms with van der Waals surface area (Å²) in [5, 5.41) is 0. The van der Waals surface area contributed by atoms with Crippen LogP contribution in [0.2, 0.25) is 0 Å². The Bertz CT molecular complexity index is 1050. The van der Waals surface area contributed by atoms with Crippen molar-refractivity contribution in [3.8, 4) is 16.9 Å². The Hall–Kier alpha value is -3.92. The molecular formula is C25H18O4. The van der Waals surface area contributed by atoms with Crippen LogP contribution in [0.4, 0.5) is 0 Å². The van der Waals surface area contributed by atoms with Gasteiger partial charge in [0.25, 0.3) is 0 Å². The lowest BCUT2D eigenvalue weighted by Crippen LogP contribution is -2.12. The molecule has 0 fully saturated rings. The van der Waals surface area contributed by atoms with Crippen molar-refractivity contribution in [1.82, 2.24) is 0 Å². The lowest BCUT2D eigenvalue weighted by Gasteiger charge is -2.09. The largest absolute Gasteiger partial charge is 0.450 e. The Labute approximate surface area is 168 Å². The van der Waals surface area contributed by atoms with Gasteiger partial charge in [-0.25, -0.2) is 9.59 Å². The van der Waals surface area contributed by atoms with E-state index >= 15 is 0 Å². The van der Waals surface area contributed by atoms with Gasteiger partial charge in [0.2, 0.25) is 0 Å². The predicted molar refractivity (Wildman–Crippen MR) is 111 cm³/mol. The number of esters is 2. The first kappa shape index (κ1) is 18.4. The van der Waals surface area contributed by atoms with Crippen molar-refractivity contribution in [2.45, 2.75) is 6.10 Å². The lowest BCUT2D eigenvalue weighted by molar-refractivity contribution is 0.0466. The molecule has 0 atom stereocenters. The van der Waals surface area contributed by atoms with Gasteiger partial charge in [0.05, 0.1) is 11.1 Å². The first-order valence-corrected chi connectivity index (χ1v) is 9.23. The number of carbonyl (C=O) groups is 2. The quantitative estimate of drug-likeness (QED) is 0.448. The standard InChI is InChI=1S/C25H18O4/c26-24(20-6-2-1-3-7-20)29-23-16-14-19(15-17-23)18-10-12-21(13-11-18)25(27)28-22-8-4-5-9-22/h1-17,22H. The van der Waals surface area contributed by atoms with Crippen molar-refractivity contribution in [3.05, 3.63) is 114 Å². The van der Waals surface area contributed by atoms with E-state index in [9.17, 15) is 9.59 Å². The summed E-state index contributed by atoms with van der Waals surface area (Å²) in [6.07, 6.45) is 7.04. The number of ether oxygens (including phenoxy) is 2. The molecule has 142 valence electrons.